The Bertz CT molecular complexity index is 1010. The first-order valence-electron chi connectivity index (χ1n) is 7.60. The summed E-state index contributed by atoms with van der Waals surface area (Å²) < 4.78 is 42.1. The van der Waals surface area contributed by atoms with Gasteiger partial charge in [0.15, 0.2) is 5.03 Å². The van der Waals surface area contributed by atoms with Crippen molar-refractivity contribution in [2.45, 2.75) is 23.9 Å². The molecule has 126 valence electrons. The van der Waals surface area contributed by atoms with Gasteiger partial charge in [0.1, 0.15) is 11.6 Å². The van der Waals surface area contributed by atoms with E-state index in [1.54, 1.807) is 17.7 Å². The van der Waals surface area contributed by atoms with E-state index in [-0.39, 0.29) is 10.8 Å². The summed E-state index contributed by atoms with van der Waals surface area (Å²) in [6, 6.07) is 3.88. The van der Waals surface area contributed by atoms with E-state index in [1.807, 2.05) is 0 Å². The number of rotatable bonds is 3. The van der Waals surface area contributed by atoms with Crippen LogP contribution in [0.5, 0.6) is 0 Å². The Labute approximate surface area is 138 Å². The third kappa shape index (κ3) is 2.40. The van der Waals surface area contributed by atoms with Gasteiger partial charge in [-0.15, -0.1) is 0 Å². The molecule has 0 bridgehead atoms. The molecule has 1 aromatic carbocycles. The lowest BCUT2D eigenvalue weighted by Crippen LogP contribution is -2.31. The SMILES string of the molecule is Cn1cnc(S(=O)(=O)N2CCCC2c2nc3ccc(F)cc3[nH]2)c1. The summed E-state index contributed by atoms with van der Waals surface area (Å²) in [5.74, 6) is 0.176. The molecular formula is C15H16FN5O2S. The molecule has 1 saturated heterocycles. The molecule has 24 heavy (non-hydrogen) atoms. The molecule has 1 fully saturated rings. The Balaban J connectivity index is 1.74. The molecule has 1 unspecified atom stereocenters. The average molecular weight is 349 g/mol. The number of halogens is 1. The number of nitrogens with zero attached hydrogens (tertiary/aromatic N) is 4. The predicted molar refractivity (Wildman–Crippen MR) is 85.1 cm³/mol. The Morgan fingerprint density at radius 3 is 2.96 bits per heavy atom. The third-order valence-electron chi connectivity index (χ3n) is 4.24. The minimum Gasteiger partial charge on any atom is -0.341 e. The lowest BCUT2D eigenvalue weighted by molar-refractivity contribution is 0.384. The molecule has 0 radical (unpaired) electrons. The van der Waals surface area contributed by atoms with Crippen LogP contribution in [-0.2, 0) is 17.1 Å². The van der Waals surface area contributed by atoms with Crippen LogP contribution in [0, 0.1) is 5.82 Å². The molecule has 3 heterocycles. The first-order chi connectivity index (χ1) is 11.4. The van der Waals surface area contributed by atoms with E-state index in [9.17, 15) is 12.8 Å². The van der Waals surface area contributed by atoms with E-state index in [0.29, 0.717) is 29.8 Å². The van der Waals surface area contributed by atoms with Gasteiger partial charge >= 0.3 is 0 Å². The summed E-state index contributed by atoms with van der Waals surface area (Å²) in [4.78, 5) is 11.5. The number of hydrogen-bond acceptors (Lipinski definition) is 4. The van der Waals surface area contributed by atoms with Crippen LogP contribution >= 0.6 is 0 Å². The summed E-state index contributed by atoms with van der Waals surface area (Å²) in [5, 5.41) is 0.0269. The Morgan fingerprint density at radius 1 is 1.38 bits per heavy atom. The maximum atomic E-state index is 13.3. The molecule has 1 aliphatic rings. The number of sulfonamides is 1. The van der Waals surface area contributed by atoms with Gasteiger partial charge in [-0.3, -0.25) is 0 Å². The molecule has 4 rings (SSSR count). The van der Waals surface area contributed by atoms with Crippen molar-refractivity contribution in [3.63, 3.8) is 0 Å². The maximum Gasteiger partial charge on any atom is 0.262 e. The lowest BCUT2D eigenvalue weighted by atomic mass is 10.2. The Morgan fingerprint density at radius 2 is 2.21 bits per heavy atom. The van der Waals surface area contributed by atoms with Gasteiger partial charge in [-0.1, -0.05) is 0 Å². The first-order valence-corrected chi connectivity index (χ1v) is 9.04. The zero-order valence-corrected chi connectivity index (χ0v) is 13.8. The standard InChI is InChI=1S/C15H16FN5O2S/c1-20-8-14(17-9-20)24(22,23)21-6-2-3-13(21)15-18-11-5-4-10(16)7-12(11)19-15/h4-5,7-9,13H,2-3,6H2,1H3,(H,18,19). The van der Waals surface area contributed by atoms with Gasteiger partial charge in [0, 0.05) is 19.8 Å². The summed E-state index contributed by atoms with van der Waals surface area (Å²) in [6.07, 6.45) is 4.34. The fourth-order valence-corrected chi connectivity index (χ4v) is 4.73. The van der Waals surface area contributed by atoms with Crippen LogP contribution in [-0.4, -0.2) is 38.8 Å². The number of aromatic nitrogens is 4. The lowest BCUT2D eigenvalue weighted by Gasteiger charge is -2.21. The highest BCUT2D eigenvalue weighted by molar-refractivity contribution is 7.89. The van der Waals surface area contributed by atoms with Gasteiger partial charge in [-0.2, -0.15) is 4.31 Å². The average Bonchev–Trinajstić information content (AvgIpc) is 3.24. The fraction of sp³-hybridized carbons (Fsp3) is 0.333. The molecule has 0 saturated carbocycles. The molecule has 0 amide bonds. The van der Waals surface area contributed by atoms with Crippen molar-refractivity contribution in [1.29, 1.82) is 0 Å². The largest absolute Gasteiger partial charge is 0.341 e. The summed E-state index contributed by atoms with van der Waals surface area (Å²) in [5.41, 5.74) is 1.18. The number of H-pyrrole nitrogens is 1. The number of fused-ring (bicyclic) bond motifs is 1. The van der Waals surface area contributed by atoms with Crippen molar-refractivity contribution in [2.24, 2.45) is 7.05 Å². The monoisotopic (exact) mass is 349 g/mol. The summed E-state index contributed by atoms with van der Waals surface area (Å²) in [7, 11) is -1.97. The van der Waals surface area contributed by atoms with E-state index in [1.165, 1.54) is 29.0 Å². The van der Waals surface area contributed by atoms with Crippen LogP contribution in [0.1, 0.15) is 24.7 Å². The summed E-state index contributed by atoms with van der Waals surface area (Å²) in [6.45, 7) is 0.412. The highest BCUT2D eigenvalue weighted by Gasteiger charge is 2.38. The molecule has 1 N–H and O–H groups in total. The zero-order chi connectivity index (χ0) is 16.9. The Kier molecular flexibility index (Phi) is 3.43. The van der Waals surface area contributed by atoms with Crippen molar-refractivity contribution >= 4 is 21.1 Å². The van der Waals surface area contributed by atoms with Gasteiger partial charge < -0.3 is 9.55 Å². The number of aryl methyl sites for hydroxylation is 1. The second-order valence-corrected chi connectivity index (χ2v) is 7.77. The summed E-state index contributed by atoms with van der Waals surface area (Å²) >= 11 is 0. The molecule has 0 spiro atoms. The molecule has 7 nitrogen and oxygen atoms in total. The third-order valence-corrected chi connectivity index (χ3v) is 6.03. The molecule has 1 atom stereocenters. The second kappa shape index (κ2) is 5.38. The van der Waals surface area contributed by atoms with Gasteiger partial charge in [-0.25, -0.2) is 22.8 Å². The van der Waals surface area contributed by atoms with Gasteiger partial charge in [0.25, 0.3) is 10.0 Å². The highest BCUT2D eigenvalue weighted by Crippen LogP contribution is 2.35. The van der Waals surface area contributed by atoms with Crippen LogP contribution in [0.4, 0.5) is 4.39 Å². The predicted octanol–water partition coefficient (Wildman–Crippen LogP) is 1.96. The Hall–Kier alpha value is -2.26. The molecule has 1 aliphatic heterocycles. The van der Waals surface area contributed by atoms with Crippen LogP contribution in [0.25, 0.3) is 11.0 Å². The molecule has 0 aliphatic carbocycles. The number of hydrogen-bond donors (Lipinski definition) is 1. The van der Waals surface area contributed by atoms with Crippen molar-refractivity contribution < 1.29 is 12.8 Å². The minimum absolute atomic E-state index is 0.0269. The number of imidazole rings is 2. The molecule has 2 aromatic heterocycles. The normalized spacial score (nSPS) is 19.3. The van der Waals surface area contributed by atoms with Gasteiger partial charge in [-0.05, 0) is 31.0 Å². The van der Waals surface area contributed by atoms with E-state index in [2.05, 4.69) is 15.0 Å². The number of nitrogens with one attached hydrogen (secondary N) is 1. The first kappa shape index (κ1) is 15.3. The van der Waals surface area contributed by atoms with E-state index < -0.39 is 16.1 Å². The van der Waals surface area contributed by atoms with E-state index in [4.69, 9.17) is 0 Å². The molecule has 3 aromatic rings. The van der Waals surface area contributed by atoms with Crippen LogP contribution in [0.15, 0.2) is 35.7 Å². The van der Waals surface area contributed by atoms with Crippen molar-refractivity contribution in [3.05, 3.63) is 42.4 Å². The van der Waals surface area contributed by atoms with Crippen LogP contribution in [0.3, 0.4) is 0 Å². The minimum atomic E-state index is -3.69. The maximum absolute atomic E-state index is 13.3. The van der Waals surface area contributed by atoms with Crippen molar-refractivity contribution in [3.8, 4) is 0 Å². The van der Waals surface area contributed by atoms with E-state index >= 15 is 0 Å². The van der Waals surface area contributed by atoms with E-state index in [0.717, 1.165) is 6.42 Å². The van der Waals surface area contributed by atoms with Crippen molar-refractivity contribution in [2.75, 3.05) is 6.54 Å². The fourth-order valence-electron chi connectivity index (χ4n) is 3.10. The molecule has 9 heteroatoms. The zero-order valence-electron chi connectivity index (χ0n) is 13.0. The quantitative estimate of drug-likeness (QED) is 0.783. The van der Waals surface area contributed by atoms with Crippen LogP contribution in [0.2, 0.25) is 0 Å². The van der Waals surface area contributed by atoms with Gasteiger partial charge in [0.2, 0.25) is 0 Å². The van der Waals surface area contributed by atoms with Crippen molar-refractivity contribution in [1.82, 2.24) is 23.8 Å². The molecular weight excluding hydrogens is 333 g/mol. The topological polar surface area (TPSA) is 83.9 Å². The number of benzene rings is 1. The smallest absolute Gasteiger partial charge is 0.262 e. The highest BCUT2D eigenvalue weighted by atomic mass is 32.2. The number of aromatic amines is 1. The second-order valence-electron chi connectivity index (χ2n) is 5.93. The van der Waals surface area contributed by atoms with Crippen LogP contribution < -0.4 is 0 Å². The van der Waals surface area contributed by atoms with Gasteiger partial charge in [0.05, 0.1) is 23.4 Å².